The highest BCUT2D eigenvalue weighted by atomic mass is 15.1. The summed E-state index contributed by atoms with van der Waals surface area (Å²) in [5.41, 5.74) is 4.32. The van der Waals surface area contributed by atoms with Crippen LogP contribution < -0.4 is 10.6 Å². The fourth-order valence-corrected chi connectivity index (χ4v) is 3.33. The molecule has 1 atom stereocenters. The smallest absolute Gasteiger partial charge is 0.0418 e. The molecule has 0 spiro atoms. The van der Waals surface area contributed by atoms with E-state index in [2.05, 4.69) is 40.8 Å². The van der Waals surface area contributed by atoms with Crippen LogP contribution in [0.3, 0.4) is 0 Å². The highest BCUT2D eigenvalue weighted by Crippen LogP contribution is 2.26. The van der Waals surface area contributed by atoms with Crippen molar-refractivity contribution in [1.29, 1.82) is 0 Å². The molecule has 0 amide bonds. The van der Waals surface area contributed by atoms with Crippen molar-refractivity contribution in [2.75, 3.05) is 38.5 Å². The fraction of sp³-hybridized carbons (Fsp3) is 0.625. The summed E-state index contributed by atoms with van der Waals surface area (Å²) in [5, 5.41) is 7.22. The molecule has 0 radical (unpaired) electrons. The fourth-order valence-electron chi connectivity index (χ4n) is 3.33. The van der Waals surface area contributed by atoms with E-state index in [0.717, 1.165) is 25.6 Å². The van der Waals surface area contributed by atoms with Crippen molar-refractivity contribution >= 4 is 5.69 Å². The number of benzene rings is 1. The van der Waals surface area contributed by atoms with Gasteiger partial charge in [-0.2, -0.15) is 0 Å². The minimum atomic E-state index is 0.831. The number of aryl methyl sites for hydroxylation is 1. The van der Waals surface area contributed by atoms with Crippen LogP contribution in [0, 0.1) is 5.92 Å². The molecule has 19 heavy (non-hydrogen) atoms. The van der Waals surface area contributed by atoms with Crippen LogP contribution in [0.4, 0.5) is 5.69 Å². The molecule has 2 aliphatic heterocycles. The van der Waals surface area contributed by atoms with Gasteiger partial charge in [0.15, 0.2) is 0 Å². The van der Waals surface area contributed by atoms with Crippen molar-refractivity contribution in [3.05, 3.63) is 29.3 Å². The van der Waals surface area contributed by atoms with Gasteiger partial charge in [0.1, 0.15) is 0 Å². The summed E-state index contributed by atoms with van der Waals surface area (Å²) in [7, 11) is 2.22. The van der Waals surface area contributed by atoms with E-state index in [-0.39, 0.29) is 0 Å². The van der Waals surface area contributed by atoms with E-state index in [1.807, 2.05) is 0 Å². The number of likely N-dealkylation sites (tertiary alicyclic amines) is 1. The van der Waals surface area contributed by atoms with Crippen molar-refractivity contribution in [2.24, 2.45) is 5.92 Å². The molecule has 0 aromatic heterocycles. The third-order valence-corrected chi connectivity index (χ3v) is 4.40. The molecule has 2 N–H and O–H groups in total. The zero-order valence-electron chi connectivity index (χ0n) is 11.9. The summed E-state index contributed by atoms with van der Waals surface area (Å²) in [4.78, 5) is 2.43. The van der Waals surface area contributed by atoms with E-state index in [1.54, 1.807) is 0 Å². The Bertz CT molecular complexity index is 430. The predicted molar refractivity (Wildman–Crippen MR) is 80.6 cm³/mol. The number of para-hydroxylation sites is 1. The third kappa shape index (κ3) is 3.10. The summed E-state index contributed by atoms with van der Waals surface area (Å²) in [6.45, 7) is 5.77. The summed E-state index contributed by atoms with van der Waals surface area (Å²) in [5.74, 6) is 0.831. The van der Waals surface area contributed by atoms with Gasteiger partial charge in [-0.15, -0.1) is 0 Å². The monoisotopic (exact) mass is 259 g/mol. The standard InChI is InChI=1S/C16H25N3/c1-19-9-7-13(12-19)10-17-11-15-5-2-4-14-6-3-8-18-16(14)15/h2,4-5,13,17-18H,3,6-12H2,1H3. The normalized spacial score (nSPS) is 23.1. The van der Waals surface area contributed by atoms with Crippen molar-refractivity contribution < 1.29 is 0 Å². The Labute approximate surface area is 116 Å². The average molecular weight is 259 g/mol. The SMILES string of the molecule is CN1CCC(CNCc2cccc3c2NCCC3)C1. The van der Waals surface area contributed by atoms with Gasteiger partial charge in [0.2, 0.25) is 0 Å². The van der Waals surface area contributed by atoms with Gasteiger partial charge in [-0.1, -0.05) is 18.2 Å². The minimum absolute atomic E-state index is 0.831. The molecular weight excluding hydrogens is 234 g/mol. The number of hydrogen-bond donors (Lipinski definition) is 2. The van der Waals surface area contributed by atoms with Crippen LogP contribution in [0.1, 0.15) is 24.0 Å². The second-order valence-electron chi connectivity index (χ2n) is 6.03. The van der Waals surface area contributed by atoms with Gasteiger partial charge in [-0.05, 0) is 56.4 Å². The molecule has 0 aliphatic carbocycles. The van der Waals surface area contributed by atoms with E-state index >= 15 is 0 Å². The first kappa shape index (κ1) is 12.9. The van der Waals surface area contributed by atoms with Gasteiger partial charge in [-0.25, -0.2) is 0 Å². The molecule has 1 aromatic carbocycles. The zero-order chi connectivity index (χ0) is 13.1. The highest BCUT2D eigenvalue weighted by Gasteiger charge is 2.19. The third-order valence-electron chi connectivity index (χ3n) is 4.40. The molecule has 2 aliphatic rings. The largest absolute Gasteiger partial charge is 0.385 e. The van der Waals surface area contributed by atoms with Crippen LogP contribution in [0.5, 0.6) is 0 Å². The Balaban J connectivity index is 1.55. The first-order valence-corrected chi connectivity index (χ1v) is 7.57. The molecule has 2 heterocycles. The van der Waals surface area contributed by atoms with Gasteiger partial charge in [0.25, 0.3) is 0 Å². The maximum absolute atomic E-state index is 3.65. The second kappa shape index (κ2) is 5.93. The van der Waals surface area contributed by atoms with Gasteiger partial charge >= 0.3 is 0 Å². The van der Waals surface area contributed by atoms with Crippen LogP contribution >= 0.6 is 0 Å². The van der Waals surface area contributed by atoms with Crippen molar-refractivity contribution in [2.45, 2.75) is 25.8 Å². The molecule has 1 saturated heterocycles. The first-order chi connectivity index (χ1) is 9.33. The van der Waals surface area contributed by atoms with Crippen LogP contribution in [0.2, 0.25) is 0 Å². The molecule has 3 rings (SSSR count). The molecule has 0 bridgehead atoms. The Morgan fingerprint density at radius 3 is 3.21 bits per heavy atom. The lowest BCUT2D eigenvalue weighted by atomic mass is 9.99. The number of anilines is 1. The number of rotatable bonds is 4. The zero-order valence-corrected chi connectivity index (χ0v) is 11.9. The van der Waals surface area contributed by atoms with Crippen molar-refractivity contribution in [3.63, 3.8) is 0 Å². The van der Waals surface area contributed by atoms with Crippen LogP contribution in [0.15, 0.2) is 18.2 Å². The molecule has 0 saturated carbocycles. The second-order valence-corrected chi connectivity index (χ2v) is 6.03. The number of nitrogens with zero attached hydrogens (tertiary/aromatic N) is 1. The quantitative estimate of drug-likeness (QED) is 0.867. The van der Waals surface area contributed by atoms with Gasteiger partial charge < -0.3 is 15.5 Å². The molecule has 1 fully saturated rings. The Morgan fingerprint density at radius 1 is 1.42 bits per heavy atom. The van der Waals surface area contributed by atoms with Gasteiger partial charge in [0.05, 0.1) is 0 Å². The lowest BCUT2D eigenvalue weighted by Crippen LogP contribution is -2.25. The van der Waals surface area contributed by atoms with E-state index < -0.39 is 0 Å². The lowest BCUT2D eigenvalue weighted by molar-refractivity contribution is 0.388. The predicted octanol–water partition coefficient (Wildman–Crippen LogP) is 2.09. The molecule has 104 valence electrons. The minimum Gasteiger partial charge on any atom is -0.385 e. The van der Waals surface area contributed by atoms with E-state index in [1.165, 1.54) is 49.2 Å². The summed E-state index contributed by atoms with van der Waals surface area (Å²) < 4.78 is 0. The Hall–Kier alpha value is -1.06. The average Bonchev–Trinajstić information content (AvgIpc) is 2.85. The summed E-state index contributed by atoms with van der Waals surface area (Å²) in [6, 6.07) is 6.72. The maximum Gasteiger partial charge on any atom is 0.0418 e. The molecule has 1 aromatic rings. The summed E-state index contributed by atoms with van der Waals surface area (Å²) in [6.07, 6.45) is 3.83. The molecular formula is C16H25N3. The highest BCUT2D eigenvalue weighted by molar-refractivity contribution is 5.59. The Morgan fingerprint density at radius 2 is 2.37 bits per heavy atom. The number of hydrogen-bond acceptors (Lipinski definition) is 3. The number of nitrogens with one attached hydrogen (secondary N) is 2. The van der Waals surface area contributed by atoms with Crippen LogP contribution in [-0.4, -0.2) is 38.1 Å². The van der Waals surface area contributed by atoms with Crippen LogP contribution in [0.25, 0.3) is 0 Å². The Kier molecular flexibility index (Phi) is 4.04. The lowest BCUT2D eigenvalue weighted by Gasteiger charge is -2.22. The topological polar surface area (TPSA) is 27.3 Å². The van der Waals surface area contributed by atoms with Crippen molar-refractivity contribution in [1.82, 2.24) is 10.2 Å². The van der Waals surface area contributed by atoms with E-state index in [0.29, 0.717) is 0 Å². The van der Waals surface area contributed by atoms with E-state index in [4.69, 9.17) is 0 Å². The summed E-state index contributed by atoms with van der Waals surface area (Å²) >= 11 is 0. The maximum atomic E-state index is 3.65. The molecule has 3 nitrogen and oxygen atoms in total. The molecule has 1 unspecified atom stereocenters. The van der Waals surface area contributed by atoms with Crippen LogP contribution in [-0.2, 0) is 13.0 Å². The first-order valence-electron chi connectivity index (χ1n) is 7.57. The van der Waals surface area contributed by atoms with Gasteiger partial charge in [0, 0.05) is 25.3 Å². The number of fused-ring (bicyclic) bond motifs is 1. The van der Waals surface area contributed by atoms with Crippen molar-refractivity contribution in [3.8, 4) is 0 Å². The molecule has 3 heteroatoms. The van der Waals surface area contributed by atoms with Gasteiger partial charge in [-0.3, -0.25) is 0 Å². The van der Waals surface area contributed by atoms with E-state index in [9.17, 15) is 0 Å².